The third-order valence-electron chi connectivity index (χ3n) is 1.42. The van der Waals surface area contributed by atoms with Crippen molar-refractivity contribution in [3.8, 4) is 0 Å². The molecule has 4 nitrogen and oxygen atoms in total. The summed E-state index contributed by atoms with van der Waals surface area (Å²) in [5, 5.41) is 12.0. The summed E-state index contributed by atoms with van der Waals surface area (Å²) in [6.07, 6.45) is 0.677. The molecule has 1 aromatic carbocycles. The van der Waals surface area contributed by atoms with E-state index in [2.05, 4.69) is 5.16 Å². The van der Waals surface area contributed by atoms with Gasteiger partial charge < -0.3 is 9.94 Å². The second kappa shape index (κ2) is 5.24. The first-order valence-electron chi connectivity index (χ1n) is 3.82. The predicted molar refractivity (Wildman–Crippen MR) is 52.4 cm³/mol. The van der Waals surface area contributed by atoms with Gasteiger partial charge in [-0.05, 0) is 6.07 Å². The van der Waals surface area contributed by atoms with E-state index >= 15 is 0 Å². The van der Waals surface area contributed by atoms with Crippen LogP contribution in [0.1, 0.15) is 5.56 Å². The number of nitrogens with zero attached hydrogens (tertiary/aromatic N) is 1. The molecular formula is C9H8ClNO3. The largest absolute Gasteiger partial charge is 0.477 e. The van der Waals surface area contributed by atoms with Crippen molar-refractivity contribution in [1.82, 2.24) is 0 Å². The Balaban J connectivity index is 2.46. The van der Waals surface area contributed by atoms with Gasteiger partial charge >= 0.3 is 5.97 Å². The van der Waals surface area contributed by atoms with Crippen LogP contribution >= 0.6 is 11.6 Å². The molecule has 0 aliphatic carbocycles. The number of hydrogen-bond acceptors (Lipinski definition) is 3. The summed E-state index contributed by atoms with van der Waals surface area (Å²) in [6, 6.07) is 7.11. The lowest BCUT2D eigenvalue weighted by Crippen LogP contribution is -1.96. The lowest BCUT2D eigenvalue weighted by atomic mass is 10.2. The maximum Gasteiger partial charge on any atom is 0.350 e. The van der Waals surface area contributed by atoms with Crippen molar-refractivity contribution in [1.29, 1.82) is 0 Å². The number of benzene rings is 1. The van der Waals surface area contributed by atoms with Gasteiger partial charge in [0.2, 0.25) is 0 Å². The molecule has 0 saturated heterocycles. The lowest BCUT2D eigenvalue weighted by Gasteiger charge is -2.00. The Morgan fingerprint density at radius 2 is 2.29 bits per heavy atom. The molecule has 5 heteroatoms. The summed E-state index contributed by atoms with van der Waals surface area (Å²) < 4.78 is 0. The minimum atomic E-state index is -1.15. The molecule has 0 spiro atoms. The van der Waals surface area contributed by atoms with Crippen LogP contribution in [0.5, 0.6) is 0 Å². The average Bonchev–Trinajstić information content (AvgIpc) is 2.15. The molecule has 0 aliphatic rings. The molecule has 0 bridgehead atoms. The first-order chi connectivity index (χ1) is 6.70. The fourth-order valence-electron chi connectivity index (χ4n) is 0.805. The second-order valence-electron chi connectivity index (χ2n) is 2.44. The molecule has 1 rings (SSSR count). The number of aliphatic carboxylic acids is 1. The van der Waals surface area contributed by atoms with E-state index in [1.165, 1.54) is 0 Å². The second-order valence-corrected chi connectivity index (χ2v) is 2.84. The highest BCUT2D eigenvalue weighted by atomic mass is 35.5. The minimum Gasteiger partial charge on any atom is -0.477 e. The summed E-state index contributed by atoms with van der Waals surface area (Å²) in [6.45, 7) is 0.156. The van der Waals surface area contributed by atoms with Crippen molar-refractivity contribution >= 4 is 23.8 Å². The highest BCUT2D eigenvalue weighted by Gasteiger charge is 1.97. The Labute approximate surface area is 85.7 Å². The fourth-order valence-corrected chi connectivity index (χ4v) is 0.995. The number of rotatable bonds is 4. The van der Waals surface area contributed by atoms with E-state index in [1.54, 1.807) is 18.2 Å². The first-order valence-corrected chi connectivity index (χ1v) is 4.19. The van der Waals surface area contributed by atoms with E-state index in [0.29, 0.717) is 11.2 Å². The normalized spacial score (nSPS) is 10.4. The quantitative estimate of drug-likeness (QED) is 0.614. The highest BCUT2D eigenvalue weighted by molar-refractivity contribution is 6.31. The van der Waals surface area contributed by atoms with Crippen LogP contribution in [0, 0.1) is 0 Å². The SMILES string of the molecule is O=C(O)/C=N/OCc1ccccc1Cl. The van der Waals surface area contributed by atoms with E-state index in [0.717, 1.165) is 5.56 Å². The van der Waals surface area contributed by atoms with E-state index < -0.39 is 5.97 Å². The summed E-state index contributed by atoms with van der Waals surface area (Å²) in [4.78, 5) is 14.7. The van der Waals surface area contributed by atoms with Crippen LogP contribution in [0.2, 0.25) is 5.02 Å². The van der Waals surface area contributed by atoms with Crippen molar-refractivity contribution in [2.24, 2.45) is 5.16 Å². The molecule has 0 radical (unpaired) electrons. The lowest BCUT2D eigenvalue weighted by molar-refractivity contribution is -0.129. The van der Waals surface area contributed by atoms with Crippen LogP contribution in [0.4, 0.5) is 0 Å². The molecule has 0 atom stereocenters. The van der Waals surface area contributed by atoms with Gasteiger partial charge in [0.15, 0.2) is 6.21 Å². The fraction of sp³-hybridized carbons (Fsp3) is 0.111. The van der Waals surface area contributed by atoms with Gasteiger partial charge in [-0.15, -0.1) is 0 Å². The Morgan fingerprint density at radius 3 is 2.93 bits per heavy atom. The average molecular weight is 214 g/mol. The van der Waals surface area contributed by atoms with E-state index in [1.807, 2.05) is 6.07 Å². The zero-order valence-electron chi connectivity index (χ0n) is 7.18. The van der Waals surface area contributed by atoms with Gasteiger partial charge in [0.1, 0.15) is 6.61 Å². The zero-order valence-corrected chi connectivity index (χ0v) is 7.94. The van der Waals surface area contributed by atoms with Crippen molar-refractivity contribution < 1.29 is 14.7 Å². The minimum absolute atomic E-state index is 0.156. The van der Waals surface area contributed by atoms with Gasteiger partial charge in [0.25, 0.3) is 0 Å². The van der Waals surface area contributed by atoms with Crippen LogP contribution < -0.4 is 0 Å². The molecule has 0 aromatic heterocycles. The third-order valence-corrected chi connectivity index (χ3v) is 1.78. The maximum absolute atomic E-state index is 10.0. The van der Waals surface area contributed by atoms with Gasteiger partial charge in [0.05, 0.1) is 0 Å². The number of halogens is 1. The highest BCUT2D eigenvalue weighted by Crippen LogP contribution is 2.15. The van der Waals surface area contributed by atoms with Crippen LogP contribution in [0.3, 0.4) is 0 Å². The molecule has 1 N–H and O–H groups in total. The van der Waals surface area contributed by atoms with Crippen molar-refractivity contribution in [3.63, 3.8) is 0 Å². The van der Waals surface area contributed by atoms with Crippen molar-refractivity contribution in [3.05, 3.63) is 34.9 Å². The van der Waals surface area contributed by atoms with Gasteiger partial charge in [-0.3, -0.25) is 0 Å². The summed E-state index contributed by atoms with van der Waals surface area (Å²) in [5.41, 5.74) is 0.761. The number of oxime groups is 1. The van der Waals surface area contributed by atoms with Gasteiger partial charge in [-0.25, -0.2) is 4.79 Å². The van der Waals surface area contributed by atoms with E-state index in [-0.39, 0.29) is 6.61 Å². The van der Waals surface area contributed by atoms with Crippen LogP contribution in [-0.2, 0) is 16.2 Å². The zero-order chi connectivity index (χ0) is 10.4. The monoisotopic (exact) mass is 213 g/mol. The Bertz CT molecular complexity index is 352. The molecule has 74 valence electrons. The van der Waals surface area contributed by atoms with Gasteiger partial charge in [-0.2, -0.15) is 0 Å². The number of hydrogen-bond donors (Lipinski definition) is 1. The number of carbonyl (C=O) groups is 1. The Morgan fingerprint density at radius 1 is 1.57 bits per heavy atom. The van der Waals surface area contributed by atoms with Crippen LogP contribution in [-0.4, -0.2) is 17.3 Å². The van der Waals surface area contributed by atoms with Crippen molar-refractivity contribution in [2.75, 3.05) is 0 Å². The molecule has 0 fully saturated rings. The number of carboxylic acids is 1. The summed E-state index contributed by atoms with van der Waals surface area (Å²) in [5.74, 6) is -1.15. The van der Waals surface area contributed by atoms with Gasteiger partial charge in [0, 0.05) is 10.6 Å². The summed E-state index contributed by atoms with van der Waals surface area (Å²) in [7, 11) is 0. The molecule has 0 heterocycles. The molecule has 0 amide bonds. The molecule has 0 unspecified atom stereocenters. The Hall–Kier alpha value is -1.55. The van der Waals surface area contributed by atoms with E-state index in [4.69, 9.17) is 21.5 Å². The van der Waals surface area contributed by atoms with E-state index in [9.17, 15) is 4.79 Å². The topological polar surface area (TPSA) is 58.9 Å². The first kappa shape index (κ1) is 10.5. The molecule has 1 aromatic rings. The Kier molecular flexibility index (Phi) is 3.94. The standard InChI is InChI=1S/C9H8ClNO3/c10-8-4-2-1-3-7(8)6-14-11-5-9(12)13/h1-5H,6H2,(H,12,13)/b11-5+. The van der Waals surface area contributed by atoms with Crippen molar-refractivity contribution in [2.45, 2.75) is 6.61 Å². The molecule has 0 saturated carbocycles. The van der Waals surface area contributed by atoms with Crippen LogP contribution in [0.15, 0.2) is 29.4 Å². The van der Waals surface area contributed by atoms with Gasteiger partial charge in [-0.1, -0.05) is 35.0 Å². The molecular weight excluding hydrogens is 206 g/mol. The predicted octanol–water partition coefficient (Wildman–Crippen LogP) is 1.93. The third kappa shape index (κ3) is 3.45. The summed E-state index contributed by atoms with van der Waals surface area (Å²) >= 11 is 5.82. The molecule has 0 aliphatic heterocycles. The number of carboxylic acid groups (broad SMARTS) is 1. The smallest absolute Gasteiger partial charge is 0.350 e. The maximum atomic E-state index is 10.0. The molecule has 14 heavy (non-hydrogen) atoms. The van der Waals surface area contributed by atoms with Crippen LogP contribution in [0.25, 0.3) is 0 Å².